The van der Waals surface area contributed by atoms with E-state index in [1.807, 2.05) is 24.3 Å². The predicted molar refractivity (Wildman–Crippen MR) is 78.6 cm³/mol. The Bertz CT molecular complexity index is 527. The third-order valence-electron chi connectivity index (χ3n) is 3.04. The van der Waals surface area contributed by atoms with Crippen LogP contribution in [0, 0.1) is 5.92 Å². The number of rotatable bonds is 6. The van der Waals surface area contributed by atoms with Crippen LogP contribution in [0.15, 0.2) is 33.2 Å². The van der Waals surface area contributed by atoms with Gasteiger partial charge in [0.2, 0.25) is 11.8 Å². The molecule has 1 heterocycles. The van der Waals surface area contributed by atoms with Crippen molar-refractivity contribution in [1.29, 1.82) is 0 Å². The Balaban J connectivity index is 1.98. The maximum atomic E-state index is 5.65. The standard InChI is InChI=1S/C14H18BrN3O/c1-3-10(2)8-16-9-13-17-18-14(19-13)11-6-4-5-7-12(11)15/h4-7,10,16H,3,8-9H2,1-2H3. The summed E-state index contributed by atoms with van der Waals surface area (Å²) in [5.74, 6) is 1.83. The summed E-state index contributed by atoms with van der Waals surface area (Å²) < 4.78 is 6.61. The Morgan fingerprint density at radius 2 is 2.11 bits per heavy atom. The maximum Gasteiger partial charge on any atom is 0.248 e. The van der Waals surface area contributed by atoms with Crippen molar-refractivity contribution in [2.45, 2.75) is 26.8 Å². The van der Waals surface area contributed by atoms with Crippen LogP contribution in [0.4, 0.5) is 0 Å². The average molecular weight is 324 g/mol. The fraction of sp³-hybridized carbons (Fsp3) is 0.429. The molecule has 2 aromatic rings. The first-order valence-electron chi connectivity index (χ1n) is 6.48. The van der Waals surface area contributed by atoms with Gasteiger partial charge < -0.3 is 9.73 Å². The average Bonchev–Trinajstić information content (AvgIpc) is 2.87. The normalized spacial score (nSPS) is 12.6. The van der Waals surface area contributed by atoms with Gasteiger partial charge in [-0.15, -0.1) is 10.2 Å². The van der Waals surface area contributed by atoms with Gasteiger partial charge in [0, 0.05) is 4.47 Å². The molecule has 5 heteroatoms. The number of hydrogen-bond donors (Lipinski definition) is 1. The molecule has 1 aromatic heterocycles. The van der Waals surface area contributed by atoms with E-state index < -0.39 is 0 Å². The van der Waals surface area contributed by atoms with Gasteiger partial charge in [-0.25, -0.2) is 0 Å². The molecule has 0 fully saturated rings. The van der Waals surface area contributed by atoms with Gasteiger partial charge in [0.1, 0.15) is 0 Å². The van der Waals surface area contributed by atoms with E-state index in [1.165, 1.54) is 6.42 Å². The van der Waals surface area contributed by atoms with E-state index >= 15 is 0 Å². The molecule has 1 atom stereocenters. The third kappa shape index (κ3) is 3.88. The van der Waals surface area contributed by atoms with Crippen molar-refractivity contribution in [3.63, 3.8) is 0 Å². The van der Waals surface area contributed by atoms with Crippen molar-refractivity contribution < 1.29 is 4.42 Å². The molecule has 0 radical (unpaired) electrons. The first kappa shape index (κ1) is 14.2. The molecule has 0 aliphatic heterocycles. The molecule has 1 N–H and O–H groups in total. The Kier molecular flexibility index (Phi) is 5.10. The van der Waals surface area contributed by atoms with Crippen molar-refractivity contribution in [2.75, 3.05) is 6.54 Å². The van der Waals surface area contributed by atoms with E-state index in [4.69, 9.17) is 4.42 Å². The summed E-state index contributed by atoms with van der Waals surface area (Å²) in [4.78, 5) is 0. The van der Waals surface area contributed by atoms with E-state index in [9.17, 15) is 0 Å². The van der Waals surface area contributed by atoms with Crippen LogP contribution in [0.1, 0.15) is 26.2 Å². The number of nitrogens with zero attached hydrogens (tertiary/aromatic N) is 2. The molecule has 0 saturated carbocycles. The van der Waals surface area contributed by atoms with Gasteiger partial charge in [-0.05, 0) is 40.5 Å². The van der Waals surface area contributed by atoms with E-state index in [2.05, 4.69) is 45.3 Å². The van der Waals surface area contributed by atoms with Crippen molar-refractivity contribution in [3.05, 3.63) is 34.6 Å². The lowest BCUT2D eigenvalue weighted by molar-refractivity contribution is 0.443. The highest BCUT2D eigenvalue weighted by atomic mass is 79.9. The van der Waals surface area contributed by atoms with Crippen LogP contribution < -0.4 is 5.32 Å². The van der Waals surface area contributed by atoms with Gasteiger partial charge in [0.25, 0.3) is 0 Å². The van der Waals surface area contributed by atoms with Crippen LogP contribution in [0.25, 0.3) is 11.5 Å². The Morgan fingerprint density at radius 3 is 2.84 bits per heavy atom. The molecule has 0 bridgehead atoms. The van der Waals surface area contributed by atoms with Crippen LogP contribution in [0.2, 0.25) is 0 Å². The Labute approximate surface area is 121 Å². The maximum absolute atomic E-state index is 5.65. The summed E-state index contributed by atoms with van der Waals surface area (Å²) in [6.07, 6.45) is 1.17. The van der Waals surface area contributed by atoms with Crippen molar-refractivity contribution in [1.82, 2.24) is 15.5 Å². The van der Waals surface area contributed by atoms with E-state index in [0.29, 0.717) is 24.2 Å². The van der Waals surface area contributed by atoms with Gasteiger partial charge in [-0.3, -0.25) is 0 Å². The first-order chi connectivity index (χ1) is 9.20. The monoisotopic (exact) mass is 323 g/mol. The van der Waals surface area contributed by atoms with Crippen molar-refractivity contribution in [3.8, 4) is 11.5 Å². The molecule has 1 aromatic carbocycles. The van der Waals surface area contributed by atoms with Gasteiger partial charge >= 0.3 is 0 Å². The molecular formula is C14H18BrN3O. The second-order valence-corrected chi connectivity index (χ2v) is 5.48. The molecule has 0 aliphatic rings. The number of halogens is 1. The minimum atomic E-state index is 0.549. The van der Waals surface area contributed by atoms with Gasteiger partial charge in [-0.2, -0.15) is 0 Å². The predicted octanol–water partition coefficient (Wildman–Crippen LogP) is 3.63. The van der Waals surface area contributed by atoms with Gasteiger partial charge in [-0.1, -0.05) is 32.4 Å². The highest BCUT2D eigenvalue weighted by molar-refractivity contribution is 9.10. The van der Waals surface area contributed by atoms with E-state index in [0.717, 1.165) is 16.6 Å². The zero-order valence-corrected chi connectivity index (χ0v) is 12.8. The quantitative estimate of drug-likeness (QED) is 0.881. The summed E-state index contributed by atoms with van der Waals surface area (Å²) in [6, 6.07) is 7.82. The molecular weight excluding hydrogens is 306 g/mol. The van der Waals surface area contributed by atoms with E-state index in [-0.39, 0.29) is 0 Å². The summed E-state index contributed by atoms with van der Waals surface area (Å²) in [5, 5.41) is 11.5. The number of nitrogens with one attached hydrogen (secondary N) is 1. The second-order valence-electron chi connectivity index (χ2n) is 4.63. The minimum Gasteiger partial charge on any atom is -0.419 e. The van der Waals surface area contributed by atoms with Crippen LogP contribution in [-0.4, -0.2) is 16.7 Å². The van der Waals surface area contributed by atoms with E-state index in [1.54, 1.807) is 0 Å². The number of aromatic nitrogens is 2. The lowest BCUT2D eigenvalue weighted by atomic mass is 10.1. The smallest absolute Gasteiger partial charge is 0.248 e. The zero-order chi connectivity index (χ0) is 13.7. The summed E-state index contributed by atoms with van der Waals surface area (Å²) in [5.41, 5.74) is 0.920. The summed E-state index contributed by atoms with van der Waals surface area (Å²) >= 11 is 3.48. The zero-order valence-electron chi connectivity index (χ0n) is 11.2. The Hall–Kier alpha value is -1.20. The second kappa shape index (κ2) is 6.82. The van der Waals surface area contributed by atoms with Gasteiger partial charge in [0.15, 0.2) is 0 Å². The molecule has 0 aliphatic carbocycles. The summed E-state index contributed by atoms with van der Waals surface area (Å²) in [6.45, 7) is 5.97. The third-order valence-corrected chi connectivity index (χ3v) is 3.73. The fourth-order valence-electron chi connectivity index (χ4n) is 1.64. The lowest BCUT2D eigenvalue weighted by Crippen LogP contribution is -2.20. The molecule has 2 rings (SSSR count). The largest absolute Gasteiger partial charge is 0.419 e. The molecule has 19 heavy (non-hydrogen) atoms. The lowest BCUT2D eigenvalue weighted by Gasteiger charge is -2.07. The SMILES string of the molecule is CCC(C)CNCc1nnc(-c2ccccc2Br)o1. The molecule has 1 unspecified atom stereocenters. The molecule has 102 valence electrons. The van der Waals surface area contributed by atoms with Crippen molar-refractivity contribution >= 4 is 15.9 Å². The highest BCUT2D eigenvalue weighted by Crippen LogP contribution is 2.26. The van der Waals surface area contributed by atoms with Crippen LogP contribution in [0.3, 0.4) is 0 Å². The van der Waals surface area contributed by atoms with Crippen LogP contribution >= 0.6 is 15.9 Å². The minimum absolute atomic E-state index is 0.549. The number of hydrogen-bond acceptors (Lipinski definition) is 4. The number of benzene rings is 1. The topological polar surface area (TPSA) is 51.0 Å². The van der Waals surface area contributed by atoms with Crippen LogP contribution in [0.5, 0.6) is 0 Å². The molecule has 0 saturated heterocycles. The molecule has 0 spiro atoms. The van der Waals surface area contributed by atoms with Gasteiger partial charge in [0.05, 0.1) is 12.1 Å². The molecule has 4 nitrogen and oxygen atoms in total. The van der Waals surface area contributed by atoms with Crippen LogP contribution in [-0.2, 0) is 6.54 Å². The molecule has 0 amide bonds. The van der Waals surface area contributed by atoms with Crippen molar-refractivity contribution in [2.24, 2.45) is 5.92 Å². The fourth-order valence-corrected chi connectivity index (χ4v) is 2.09. The Morgan fingerprint density at radius 1 is 1.32 bits per heavy atom. The highest BCUT2D eigenvalue weighted by Gasteiger charge is 2.11. The first-order valence-corrected chi connectivity index (χ1v) is 7.28. The summed E-state index contributed by atoms with van der Waals surface area (Å²) in [7, 11) is 0.